The molecule has 2 rings (SSSR count). The number of nitrogens with zero attached hydrogens (tertiary/aromatic N) is 1. The molecule has 1 aromatic rings. The number of para-hydroxylation sites is 1. The van der Waals surface area contributed by atoms with E-state index < -0.39 is 23.3 Å². The number of rotatable bonds is 10. The van der Waals surface area contributed by atoms with Crippen molar-refractivity contribution in [3.05, 3.63) is 29.8 Å². The molecule has 1 fully saturated rings. The van der Waals surface area contributed by atoms with Gasteiger partial charge in [0, 0.05) is 6.54 Å². The van der Waals surface area contributed by atoms with E-state index >= 15 is 0 Å². The number of carboxylic acid groups (broad SMARTS) is 1. The van der Waals surface area contributed by atoms with E-state index in [2.05, 4.69) is 5.32 Å². The Hall–Kier alpha value is -3.03. The Balaban J connectivity index is 2.39. The van der Waals surface area contributed by atoms with E-state index in [0.717, 1.165) is 25.7 Å². The van der Waals surface area contributed by atoms with E-state index in [-0.39, 0.29) is 5.57 Å². The number of ether oxygens (including phenoxy) is 2. The number of carbonyl (C=O) groups is 3. The van der Waals surface area contributed by atoms with Gasteiger partial charge in [-0.15, -0.1) is 0 Å². The molecule has 0 aromatic heterocycles. The molecule has 8 heteroatoms. The average molecular weight is 447 g/mol. The Morgan fingerprint density at radius 3 is 2.38 bits per heavy atom. The van der Waals surface area contributed by atoms with Gasteiger partial charge in [-0.1, -0.05) is 44.7 Å². The number of carboxylic acids is 1. The molecule has 32 heavy (non-hydrogen) atoms. The minimum Gasteiger partial charge on any atom is -0.493 e. The molecule has 8 nitrogen and oxygen atoms in total. The predicted octanol–water partition coefficient (Wildman–Crippen LogP) is 3.69. The number of aliphatic carboxylic acids is 1. The van der Waals surface area contributed by atoms with Crippen LogP contribution in [-0.2, 0) is 14.4 Å². The van der Waals surface area contributed by atoms with Crippen LogP contribution in [0.5, 0.6) is 11.5 Å². The lowest BCUT2D eigenvalue weighted by molar-refractivity contribution is -0.149. The van der Waals surface area contributed by atoms with Crippen LogP contribution in [0.3, 0.4) is 0 Å². The molecule has 1 saturated carbocycles. The highest BCUT2D eigenvalue weighted by molar-refractivity contribution is 6.24. The summed E-state index contributed by atoms with van der Waals surface area (Å²) in [7, 11) is 3.01. The molecule has 0 spiro atoms. The first-order chi connectivity index (χ1) is 15.3. The summed E-state index contributed by atoms with van der Waals surface area (Å²) in [5.74, 6) is -1.39. The van der Waals surface area contributed by atoms with Crippen LogP contribution < -0.4 is 19.7 Å². The van der Waals surface area contributed by atoms with E-state index in [0.29, 0.717) is 43.0 Å². The molecule has 0 bridgehead atoms. The summed E-state index contributed by atoms with van der Waals surface area (Å²) in [6.45, 7) is 3.98. The van der Waals surface area contributed by atoms with Crippen molar-refractivity contribution in [2.24, 2.45) is 0 Å². The molecule has 0 saturated heterocycles. The van der Waals surface area contributed by atoms with E-state index in [9.17, 15) is 19.5 Å². The van der Waals surface area contributed by atoms with Crippen molar-refractivity contribution in [3.63, 3.8) is 0 Å². The van der Waals surface area contributed by atoms with E-state index in [1.54, 1.807) is 25.1 Å². The SMILES string of the molecule is C/C=C(/C(=O)NC1(C(=O)O)CCCCC1)C(=O)N(CCCC)c1cccc(OC)c1OC. The van der Waals surface area contributed by atoms with Gasteiger partial charge in [-0.3, -0.25) is 9.59 Å². The van der Waals surface area contributed by atoms with Gasteiger partial charge < -0.3 is 24.8 Å². The van der Waals surface area contributed by atoms with Gasteiger partial charge in [0.15, 0.2) is 11.5 Å². The maximum Gasteiger partial charge on any atom is 0.329 e. The van der Waals surface area contributed by atoms with Crippen molar-refractivity contribution in [3.8, 4) is 11.5 Å². The molecule has 0 unspecified atom stereocenters. The second-order valence-electron chi connectivity index (χ2n) is 7.93. The number of amides is 2. The van der Waals surface area contributed by atoms with E-state index in [4.69, 9.17) is 9.47 Å². The number of hydrogen-bond acceptors (Lipinski definition) is 5. The van der Waals surface area contributed by atoms with E-state index in [1.807, 2.05) is 6.92 Å². The van der Waals surface area contributed by atoms with Crippen LogP contribution in [0.1, 0.15) is 58.8 Å². The number of benzene rings is 1. The van der Waals surface area contributed by atoms with Crippen molar-refractivity contribution >= 4 is 23.5 Å². The smallest absolute Gasteiger partial charge is 0.329 e. The number of nitrogens with one attached hydrogen (secondary N) is 1. The summed E-state index contributed by atoms with van der Waals surface area (Å²) in [4.78, 5) is 40.2. The molecule has 176 valence electrons. The van der Waals surface area contributed by atoms with Gasteiger partial charge in [0.05, 0.1) is 19.9 Å². The Kier molecular flexibility index (Phi) is 9.11. The number of methoxy groups -OCH3 is 2. The Morgan fingerprint density at radius 2 is 1.84 bits per heavy atom. The first-order valence-corrected chi connectivity index (χ1v) is 11.1. The summed E-state index contributed by atoms with van der Waals surface area (Å²) in [5, 5.41) is 12.5. The van der Waals surface area contributed by atoms with Crippen molar-refractivity contribution in [1.29, 1.82) is 0 Å². The Morgan fingerprint density at radius 1 is 1.16 bits per heavy atom. The molecule has 1 aliphatic rings. The van der Waals surface area contributed by atoms with Crippen LogP contribution in [0.25, 0.3) is 0 Å². The van der Waals surface area contributed by atoms with Crippen LogP contribution in [0.4, 0.5) is 5.69 Å². The number of unbranched alkanes of at least 4 members (excludes halogenated alkanes) is 1. The summed E-state index contributed by atoms with van der Waals surface area (Å²) < 4.78 is 10.9. The van der Waals surface area contributed by atoms with Crippen molar-refractivity contribution in [1.82, 2.24) is 5.32 Å². The third kappa shape index (κ3) is 5.41. The van der Waals surface area contributed by atoms with Crippen LogP contribution in [-0.4, -0.2) is 49.2 Å². The van der Waals surface area contributed by atoms with Gasteiger partial charge in [0.2, 0.25) is 0 Å². The van der Waals surface area contributed by atoms with Gasteiger partial charge in [-0.2, -0.15) is 0 Å². The topological polar surface area (TPSA) is 105 Å². The molecule has 0 radical (unpaired) electrons. The zero-order chi connectivity index (χ0) is 23.7. The van der Waals surface area contributed by atoms with Gasteiger partial charge in [-0.25, -0.2) is 4.79 Å². The average Bonchev–Trinajstić information content (AvgIpc) is 2.79. The predicted molar refractivity (Wildman–Crippen MR) is 122 cm³/mol. The Bertz CT molecular complexity index is 858. The molecule has 1 aromatic carbocycles. The minimum atomic E-state index is -1.34. The number of carbonyl (C=O) groups excluding carboxylic acids is 2. The zero-order valence-electron chi connectivity index (χ0n) is 19.4. The van der Waals surface area contributed by atoms with Gasteiger partial charge in [0.1, 0.15) is 11.1 Å². The highest BCUT2D eigenvalue weighted by atomic mass is 16.5. The lowest BCUT2D eigenvalue weighted by Gasteiger charge is -2.34. The lowest BCUT2D eigenvalue weighted by Crippen LogP contribution is -2.56. The van der Waals surface area contributed by atoms with Gasteiger partial charge >= 0.3 is 5.97 Å². The largest absolute Gasteiger partial charge is 0.493 e. The van der Waals surface area contributed by atoms with Gasteiger partial charge in [-0.05, 0) is 38.3 Å². The summed E-state index contributed by atoms with van der Waals surface area (Å²) in [5.41, 5.74) is -0.952. The van der Waals surface area contributed by atoms with Crippen LogP contribution >= 0.6 is 0 Å². The summed E-state index contributed by atoms with van der Waals surface area (Å²) >= 11 is 0. The zero-order valence-corrected chi connectivity index (χ0v) is 19.4. The van der Waals surface area contributed by atoms with Crippen molar-refractivity contribution in [2.75, 3.05) is 25.7 Å². The fraction of sp³-hybridized carbons (Fsp3) is 0.542. The fourth-order valence-electron chi connectivity index (χ4n) is 4.06. The third-order valence-corrected chi connectivity index (χ3v) is 5.89. The second kappa shape index (κ2) is 11.5. The first-order valence-electron chi connectivity index (χ1n) is 11.1. The summed E-state index contributed by atoms with van der Waals surface area (Å²) in [6, 6.07) is 5.22. The quantitative estimate of drug-likeness (QED) is 0.323. The highest BCUT2D eigenvalue weighted by Crippen LogP contribution is 2.38. The van der Waals surface area contributed by atoms with Crippen LogP contribution in [0, 0.1) is 0 Å². The van der Waals surface area contributed by atoms with Gasteiger partial charge in [0.25, 0.3) is 11.8 Å². The number of anilines is 1. The maximum atomic E-state index is 13.6. The molecule has 0 aliphatic heterocycles. The molecular formula is C24H34N2O6. The second-order valence-corrected chi connectivity index (χ2v) is 7.93. The first kappa shape index (κ1) is 25.2. The lowest BCUT2D eigenvalue weighted by atomic mass is 9.81. The minimum absolute atomic E-state index is 0.0998. The molecule has 2 N–H and O–H groups in total. The normalized spacial score (nSPS) is 15.6. The standard InChI is InChI=1S/C24H34N2O6/c1-5-7-16-26(18-12-11-13-19(31-3)20(18)32-4)22(28)17(6-2)21(27)25-24(23(29)30)14-9-8-10-15-24/h6,11-13H,5,7-10,14-16H2,1-4H3,(H,25,27)(H,29,30)/b17-6-. The maximum absolute atomic E-state index is 13.6. The van der Waals surface area contributed by atoms with Crippen LogP contribution in [0.15, 0.2) is 29.8 Å². The summed E-state index contributed by atoms with van der Waals surface area (Å²) in [6.07, 6.45) is 6.05. The van der Waals surface area contributed by atoms with Crippen LogP contribution in [0.2, 0.25) is 0 Å². The third-order valence-electron chi connectivity index (χ3n) is 5.89. The number of hydrogen-bond donors (Lipinski definition) is 2. The molecule has 2 amide bonds. The molecule has 0 atom stereocenters. The number of allylic oxidation sites excluding steroid dienone is 1. The fourth-order valence-corrected chi connectivity index (χ4v) is 4.06. The molecular weight excluding hydrogens is 412 g/mol. The molecule has 1 aliphatic carbocycles. The Labute approximate surface area is 189 Å². The van der Waals surface area contributed by atoms with E-state index in [1.165, 1.54) is 25.2 Å². The molecule has 0 heterocycles. The monoisotopic (exact) mass is 446 g/mol. The highest BCUT2D eigenvalue weighted by Gasteiger charge is 2.42. The van der Waals surface area contributed by atoms with Crippen molar-refractivity contribution < 1.29 is 29.0 Å². The van der Waals surface area contributed by atoms with Crippen molar-refractivity contribution in [2.45, 2.75) is 64.3 Å².